The van der Waals surface area contributed by atoms with Crippen molar-refractivity contribution in [2.45, 2.75) is 6.61 Å². The molecule has 0 aliphatic heterocycles. The summed E-state index contributed by atoms with van der Waals surface area (Å²) in [6.45, 7) is 0.519. The summed E-state index contributed by atoms with van der Waals surface area (Å²) < 4.78 is 10.3. The van der Waals surface area contributed by atoms with Crippen molar-refractivity contribution < 1.29 is 14.3 Å². The maximum Gasteiger partial charge on any atom is 0.330 e. The molecule has 20 heavy (non-hydrogen) atoms. The van der Waals surface area contributed by atoms with Gasteiger partial charge in [-0.15, -0.1) is 0 Å². The van der Waals surface area contributed by atoms with E-state index >= 15 is 0 Å². The van der Waals surface area contributed by atoms with E-state index in [1.54, 1.807) is 6.08 Å². The van der Waals surface area contributed by atoms with Gasteiger partial charge in [0.1, 0.15) is 12.4 Å². The summed E-state index contributed by atoms with van der Waals surface area (Å²) >= 11 is 0. The van der Waals surface area contributed by atoms with Gasteiger partial charge in [0, 0.05) is 6.08 Å². The Kier molecular flexibility index (Phi) is 4.95. The van der Waals surface area contributed by atoms with Gasteiger partial charge in [0.25, 0.3) is 0 Å². The third kappa shape index (κ3) is 4.28. The van der Waals surface area contributed by atoms with Gasteiger partial charge in [-0.1, -0.05) is 42.5 Å². The summed E-state index contributed by atoms with van der Waals surface area (Å²) in [6, 6.07) is 17.5. The van der Waals surface area contributed by atoms with Crippen LogP contribution in [0.3, 0.4) is 0 Å². The van der Waals surface area contributed by atoms with Crippen molar-refractivity contribution >= 4 is 12.0 Å². The molecule has 0 unspecified atom stereocenters. The van der Waals surface area contributed by atoms with Crippen LogP contribution in [0.2, 0.25) is 0 Å². The van der Waals surface area contributed by atoms with Crippen LogP contribution in [-0.2, 0) is 16.1 Å². The number of ether oxygens (including phenoxy) is 2. The van der Waals surface area contributed by atoms with Crippen molar-refractivity contribution in [3.63, 3.8) is 0 Å². The van der Waals surface area contributed by atoms with Gasteiger partial charge in [0.15, 0.2) is 0 Å². The largest absolute Gasteiger partial charge is 0.489 e. The van der Waals surface area contributed by atoms with Crippen molar-refractivity contribution in [2.24, 2.45) is 0 Å². The van der Waals surface area contributed by atoms with E-state index < -0.39 is 0 Å². The summed E-state index contributed by atoms with van der Waals surface area (Å²) in [6.07, 6.45) is 3.08. The lowest BCUT2D eigenvalue weighted by atomic mass is 10.2. The van der Waals surface area contributed by atoms with Crippen LogP contribution in [0.25, 0.3) is 6.08 Å². The average Bonchev–Trinajstić information content (AvgIpc) is 2.52. The molecule has 3 nitrogen and oxygen atoms in total. The molecule has 0 bridgehead atoms. The Bertz CT molecular complexity index is 588. The molecular weight excluding hydrogens is 252 g/mol. The van der Waals surface area contributed by atoms with Crippen molar-refractivity contribution in [2.75, 3.05) is 7.11 Å². The van der Waals surface area contributed by atoms with Crippen LogP contribution in [-0.4, -0.2) is 13.1 Å². The highest BCUT2D eigenvalue weighted by Gasteiger charge is 1.97. The van der Waals surface area contributed by atoms with Crippen molar-refractivity contribution in [1.82, 2.24) is 0 Å². The van der Waals surface area contributed by atoms with E-state index in [1.807, 2.05) is 54.6 Å². The molecule has 0 spiro atoms. The first kappa shape index (κ1) is 13.9. The number of carbonyl (C=O) groups excluding carboxylic acids is 1. The maximum absolute atomic E-state index is 11.0. The third-order valence-corrected chi connectivity index (χ3v) is 2.72. The molecule has 0 saturated heterocycles. The van der Waals surface area contributed by atoms with E-state index in [4.69, 9.17) is 4.74 Å². The van der Waals surface area contributed by atoms with E-state index in [2.05, 4.69) is 4.74 Å². The number of benzene rings is 2. The van der Waals surface area contributed by atoms with Gasteiger partial charge in [-0.2, -0.15) is 0 Å². The second-order valence-electron chi connectivity index (χ2n) is 4.20. The van der Waals surface area contributed by atoms with Gasteiger partial charge < -0.3 is 9.47 Å². The minimum Gasteiger partial charge on any atom is -0.489 e. The molecule has 0 aliphatic rings. The molecule has 0 aromatic heterocycles. The third-order valence-electron chi connectivity index (χ3n) is 2.72. The number of carbonyl (C=O) groups is 1. The first-order valence-corrected chi connectivity index (χ1v) is 6.31. The van der Waals surface area contributed by atoms with Crippen LogP contribution in [0.5, 0.6) is 5.75 Å². The van der Waals surface area contributed by atoms with Crippen LogP contribution in [0, 0.1) is 0 Å². The molecule has 0 saturated carbocycles. The predicted octanol–water partition coefficient (Wildman–Crippen LogP) is 3.45. The molecule has 102 valence electrons. The fourth-order valence-corrected chi connectivity index (χ4v) is 1.68. The summed E-state index contributed by atoms with van der Waals surface area (Å²) in [5.41, 5.74) is 2.00. The van der Waals surface area contributed by atoms with E-state index in [0.717, 1.165) is 16.9 Å². The zero-order valence-electron chi connectivity index (χ0n) is 11.3. The summed E-state index contributed by atoms with van der Waals surface area (Å²) in [5, 5.41) is 0. The van der Waals surface area contributed by atoms with E-state index in [9.17, 15) is 4.79 Å². The minimum absolute atomic E-state index is 0.374. The number of rotatable bonds is 5. The Morgan fingerprint density at radius 3 is 2.65 bits per heavy atom. The molecular formula is C17H16O3. The molecule has 2 aromatic rings. The van der Waals surface area contributed by atoms with Gasteiger partial charge in [0.05, 0.1) is 7.11 Å². The van der Waals surface area contributed by atoms with Crippen LogP contribution in [0.1, 0.15) is 11.1 Å². The predicted molar refractivity (Wildman–Crippen MR) is 78.3 cm³/mol. The second kappa shape index (κ2) is 7.14. The topological polar surface area (TPSA) is 35.5 Å². The normalized spacial score (nSPS) is 10.4. The van der Waals surface area contributed by atoms with Gasteiger partial charge in [-0.3, -0.25) is 0 Å². The monoisotopic (exact) mass is 268 g/mol. The van der Waals surface area contributed by atoms with Crippen molar-refractivity contribution in [1.29, 1.82) is 0 Å². The molecule has 3 heteroatoms. The lowest BCUT2D eigenvalue weighted by molar-refractivity contribution is -0.134. The summed E-state index contributed by atoms with van der Waals surface area (Å²) in [4.78, 5) is 11.0. The van der Waals surface area contributed by atoms with Crippen LogP contribution < -0.4 is 4.74 Å². The van der Waals surface area contributed by atoms with Gasteiger partial charge >= 0.3 is 5.97 Å². The molecule has 0 atom stereocenters. The highest BCUT2D eigenvalue weighted by Crippen LogP contribution is 2.16. The van der Waals surface area contributed by atoms with Crippen LogP contribution >= 0.6 is 0 Å². The van der Waals surface area contributed by atoms with Crippen molar-refractivity contribution in [3.05, 3.63) is 71.8 Å². The Hall–Kier alpha value is -2.55. The highest BCUT2D eigenvalue weighted by atomic mass is 16.5. The SMILES string of the molecule is COC(=O)/C=C/c1cccc(OCc2ccccc2)c1. The summed E-state index contributed by atoms with van der Waals surface area (Å²) in [7, 11) is 1.35. The zero-order valence-corrected chi connectivity index (χ0v) is 11.3. The number of esters is 1. The molecule has 0 amide bonds. The van der Waals surface area contributed by atoms with E-state index in [-0.39, 0.29) is 5.97 Å². The number of methoxy groups -OCH3 is 1. The molecule has 0 fully saturated rings. The number of hydrogen-bond acceptors (Lipinski definition) is 3. The molecule has 0 aliphatic carbocycles. The molecule has 0 heterocycles. The fraction of sp³-hybridized carbons (Fsp3) is 0.118. The highest BCUT2D eigenvalue weighted by molar-refractivity contribution is 5.86. The van der Waals surface area contributed by atoms with Crippen LogP contribution in [0.4, 0.5) is 0 Å². The Balaban J connectivity index is 1.99. The van der Waals surface area contributed by atoms with E-state index in [0.29, 0.717) is 6.61 Å². The van der Waals surface area contributed by atoms with Gasteiger partial charge in [-0.25, -0.2) is 4.79 Å². The maximum atomic E-state index is 11.0. The smallest absolute Gasteiger partial charge is 0.330 e. The van der Waals surface area contributed by atoms with Crippen molar-refractivity contribution in [3.8, 4) is 5.75 Å². The summed E-state index contributed by atoms with van der Waals surface area (Å²) in [5.74, 6) is 0.390. The Morgan fingerprint density at radius 1 is 1.10 bits per heavy atom. The Morgan fingerprint density at radius 2 is 1.90 bits per heavy atom. The lowest BCUT2D eigenvalue weighted by Gasteiger charge is -2.06. The standard InChI is InChI=1S/C17H16O3/c1-19-17(18)11-10-14-8-5-9-16(12-14)20-13-15-6-3-2-4-7-15/h2-12H,13H2,1H3/b11-10+. The molecule has 0 radical (unpaired) electrons. The second-order valence-corrected chi connectivity index (χ2v) is 4.20. The minimum atomic E-state index is -0.374. The van der Waals surface area contributed by atoms with Crippen LogP contribution in [0.15, 0.2) is 60.7 Å². The first-order valence-electron chi connectivity index (χ1n) is 6.31. The zero-order chi connectivity index (χ0) is 14.2. The Labute approximate surface area is 118 Å². The average molecular weight is 268 g/mol. The molecule has 0 N–H and O–H groups in total. The van der Waals surface area contributed by atoms with E-state index in [1.165, 1.54) is 13.2 Å². The quantitative estimate of drug-likeness (QED) is 0.615. The lowest BCUT2D eigenvalue weighted by Crippen LogP contribution is -1.95. The molecule has 2 aromatic carbocycles. The van der Waals surface area contributed by atoms with Gasteiger partial charge in [0.2, 0.25) is 0 Å². The number of hydrogen-bond donors (Lipinski definition) is 0. The van der Waals surface area contributed by atoms with Gasteiger partial charge in [-0.05, 0) is 29.3 Å². The molecule has 2 rings (SSSR count). The fourth-order valence-electron chi connectivity index (χ4n) is 1.68. The first-order chi connectivity index (χ1) is 9.78.